The van der Waals surface area contributed by atoms with Crippen molar-refractivity contribution in [1.82, 2.24) is 10.3 Å². The summed E-state index contributed by atoms with van der Waals surface area (Å²) in [5.74, 6) is 0.193. The van der Waals surface area contributed by atoms with Crippen LogP contribution in [0.1, 0.15) is 42.1 Å². The minimum atomic E-state index is -3.03. The maximum Gasteiger partial charge on any atom is 0.253 e. The Kier molecular flexibility index (Phi) is 5.27. The van der Waals surface area contributed by atoms with Crippen molar-refractivity contribution in [2.75, 3.05) is 16.8 Å². The molecule has 26 heavy (non-hydrogen) atoms. The Morgan fingerprint density at radius 3 is 2.69 bits per heavy atom. The van der Waals surface area contributed by atoms with Crippen LogP contribution >= 0.6 is 0 Å². The van der Waals surface area contributed by atoms with Gasteiger partial charge in [-0.1, -0.05) is 32.0 Å². The quantitative estimate of drug-likeness (QED) is 0.841. The molecule has 6 nitrogen and oxygen atoms in total. The molecule has 1 atom stereocenters. The number of hydrogen-bond donors (Lipinski definition) is 2. The number of anilines is 2. The predicted molar refractivity (Wildman–Crippen MR) is 103 cm³/mol. The maximum absolute atomic E-state index is 12.4. The van der Waals surface area contributed by atoms with Gasteiger partial charge in [-0.2, -0.15) is 0 Å². The largest absolute Gasteiger partial charge is 0.354 e. The van der Waals surface area contributed by atoms with E-state index in [0.29, 0.717) is 23.6 Å². The standard InChI is InChI=1S/C19H23N3O3S/c1-13(2)17-5-3-4-6-18(17)21-16-9-14(10-20-11-16)19(23)22-15-7-8-26(24,25)12-15/h3-6,9-11,13,15,21H,7-8,12H2,1-2H3,(H,22,23). The molecular weight excluding hydrogens is 350 g/mol. The first kappa shape index (κ1) is 18.4. The van der Waals surface area contributed by atoms with Crippen LogP contribution in [-0.2, 0) is 9.84 Å². The first-order chi connectivity index (χ1) is 12.3. The fraction of sp³-hybridized carbons (Fsp3) is 0.368. The van der Waals surface area contributed by atoms with Gasteiger partial charge in [0.05, 0.1) is 29.0 Å². The molecule has 1 aromatic carbocycles. The predicted octanol–water partition coefficient (Wildman–Crippen LogP) is 2.87. The molecule has 0 spiro atoms. The lowest BCUT2D eigenvalue weighted by molar-refractivity contribution is 0.0941. The highest BCUT2D eigenvalue weighted by atomic mass is 32.2. The van der Waals surface area contributed by atoms with Gasteiger partial charge in [-0.3, -0.25) is 9.78 Å². The molecule has 1 saturated heterocycles. The van der Waals surface area contributed by atoms with Crippen LogP contribution in [0.2, 0.25) is 0 Å². The Morgan fingerprint density at radius 2 is 2.00 bits per heavy atom. The average molecular weight is 373 g/mol. The zero-order chi connectivity index (χ0) is 18.7. The lowest BCUT2D eigenvalue weighted by atomic mass is 10.0. The molecule has 0 aliphatic carbocycles. The molecule has 2 N–H and O–H groups in total. The Labute approximate surface area is 154 Å². The second-order valence-electron chi connectivity index (χ2n) is 6.90. The minimum absolute atomic E-state index is 0.00583. The summed E-state index contributed by atoms with van der Waals surface area (Å²) in [5, 5.41) is 6.10. The molecule has 7 heteroatoms. The van der Waals surface area contributed by atoms with Crippen LogP contribution in [0.15, 0.2) is 42.7 Å². The van der Waals surface area contributed by atoms with Crippen molar-refractivity contribution >= 4 is 27.1 Å². The Morgan fingerprint density at radius 1 is 1.23 bits per heavy atom. The summed E-state index contributed by atoms with van der Waals surface area (Å²) in [5.41, 5.74) is 3.27. The first-order valence-electron chi connectivity index (χ1n) is 8.66. The zero-order valence-corrected chi connectivity index (χ0v) is 15.7. The van der Waals surface area contributed by atoms with Crippen molar-refractivity contribution in [3.05, 3.63) is 53.9 Å². The molecule has 1 amide bonds. The second kappa shape index (κ2) is 7.45. The highest BCUT2D eigenvalue weighted by Crippen LogP contribution is 2.26. The third-order valence-electron chi connectivity index (χ3n) is 4.43. The summed E-state index contributed by atoms with van der Waals surface area (Å²) >= 11 is 0. The van der Waals surface area contributed by atoms with Crippen molar-refractivity contribution in [2.24, 2.45) is 0 Å². The van der Waals surface area contributed by atoms with Crippen LogP contribution in [0.4, 0.5) is 11.4 Å². The summed E-state index contributed by atoms with van der Waals surface area (Å²) in [7, 11) is -3.03. The van der Waals surface area contributed by atoms with Crippen LogP contribution < -0.4 is 10.6 Å². The number of benzene rings is 1. The average Bonchev–Trinajstić information content (AvgIpc) is 2.94. The number of nitrogens with zero attached hydrogens (tertiary/aromatic N) is 1. The van der Waals surface area contributed by atoms with Crippen LogP contribution in [0.3, 0.4) is 0 Å². The van der Waals surface area contributed by atoms with Gasteiger partial charge in [-0.05, 0) is 30.0 Å². The van der Waals surface area contributed by atoms with Gasteiger partial charge in [0.15, 0.2) is 9.84 Å². The molecular formula is C19H23N3O3S. The van der Waals surface area contributed by atoms with Crippen molar-refractivity contribution < 1.29 is 13.2 Å². The molecule has 1 aliphatic heterocycles. The SMILES string of the molecule is CC(C)c1ccccc1Nc1cncc(C(=O)NC2CCS(=O)(=O)C2)c1. The monoisotopic (exact) mass is 373 g/mol. The second-order valence-corrected chi connectivity index (χ2v) is 9.13. The molecule has 1 aliphatic rings. The van der Waals surface area contributed by atoms with E-state index in [1.54, 1.807) is 12.3 Å². The fourth-order valence-corrected chi connectivity index (χ4v) is 4.75. The molecule has 0 bridgehead atoms. The van der Waals surface area contributed by atoms with Gasteiger partial charge in [0, 0.05) is 17.9 Å². The first-order valence-corrected chi connectivity index (χ1v) is 10.5. The number of nitrogens with one attached hydrogen (secondary N) is 2. The van der Waals surface area contributed by atoms with Crippen LogP contribution in [0, 0.1) is 0 Å². The van der Waals surface area contributed by atoms with Gasteiger partial charge in [0.25, 0.3) is 5.91 Å². The van der Waals surface area contributed by atoms with Gasteiger partial charge in [0.1, 0.15) is 0 Å². The van der Waals surface area contributed by atoms with E-state index in [9.17, 15) is 13.2 Å². The molecule has 0 saturated carbocycles. The number of carbonyl (C=O) groups is 1. The summed E-state index contributed by atoms with van der Waals surface area (Å²) in [6.07, 6.45) is 3.60. The highest BCUT2D eigenvalue weighted by molar-refractivity contribution is 7.91. The van der Waals surface area contributed by atoms with Crippen LogP contribution in [-0.4, -0.2) is 36.9 Å². The number of aromatic nitrogens is 1. The Balaban J connectivity index is 1.73. The van der Waals surface area contributed by atoms with Crippen molar-refractivity contribution in [2.45, 2.75) is 32.2 Å². The van der Waals surface area contributed by atoms with Gasteiger partial charge in [0.2, 0.25) is 0 Å². The van der Waals surface area contributed by atoms with Gasteiger partial charge >= 0.3 is 0 Å². The molecule has 2 heterocycles. The topological polar surface area (TPSA) is 88.2 Å². The lowest BCUT2D eigenvalue weighted by Gasteiger charge is -2.15. The third kappa shape index (κ3) is 4.40. The molecule has 1 aromatic heterocycles. The van der Waals surface area contributed by atoms with E-state index in [1.165, 1.54) is 11.8 Å². The molecule has 3 rings (SSSR count). The summed E-state index contributed by atoms with van der Waals surface area (Å²) in [6.45, 7) is 4.25. The summed E-state index contributed by atoms with van der Waals surface area (Å²) in [4.78, 5) is 16.6. The zero-order valence-electron chi connectivity index (χ0n) is 14.9. The summed E-state index contributed by atoms with van der Waals surface area (Å²) < 4.78 is 23.1. The van der Waals surface area contributed by atoms with Crippen LogP contribution in [0.5, 0.6) is 0 Å². The van der Waals surface area contributed by atoms with Gasteiger partial charge in [-0.15, -0.1) is 0 Å². The van der Waals surface area contributed by atoms with Crippen molar-refractivity contribution in [3.63, 3.8) is 0 Å². The summed E-state index contributed by atoms with van der Waals surface area (Å²) in [6, 6.07) is 9.41. The van der Waals surface area contributed by atoms with Gasteiger partial charge in [-0.25, -0.2) is 8.42 Å². The number of para-hydroxylation sites is 1. The number of sulfone groups is 1. The molecule has 2 aromatic rings. The van der Waals surface area contributed by atoms with E-state index < -0.39 is 9.84 Å². The number of rotatable bonds is 5. The number of pyridine rings is 1. The number of amides is 1. The Hall–Kier alpha value is -2.41. The van der Waals surface area contributed by atoms with E-state index in [2.05, 4.69) is 35.5 Å². The minimum Gasteiger partial charge on any atom is -0.354 e. The van der Waals surface area contributed by atoms with E-state index in [1.807, 2.05) is 18.2 Å². The van der Waals surface area contributed by atoms with E-state index in [0.717, 1.165) is 5.69 Å². The molecule has 1 unspecified atom stereocenters. The van der Waals surface area contributed by atoms with Crippen molar-refractivity contribution in [3.8, 4) is 0 Å². The molecule has 0 radical (unpaired) electrons. The number of carbonyl (C=O) groups excluding carboxylic acids is 1. The normalized spacial score (nSPS) is 18.7. The lowest BCUT2D eigenvalue weighted by Crippen LogP contribution is -2.35. The smallest absolute Gasteiger partial charge is 0.253 e. The highest BCUT2D eigenvalue weighted by Gasteiger charge is 2.29. The number of hydrogen-bond acceptors (Lipinski definition) is 5. The van der Waals surface area contributed by atoms with E-state index in [-0.39, 0.29) is 23.5 Å². The fourth-order valence-electron chi connectivity index (χ4n) is 3.08. The van der Waals surface area contributed by atoms with Gasteiger partial charge < -0.3 is 10.6 Å². The van der Waals surface area contributed by atoms with Crippen LogP contribution in [0.25, 0.3) is 0 Å². The molecule has 1 fully saturated rings. The molecule has 138 valence electrons. The Bertz CT molecular complexity index is 910. The van der Waals surface area contributed by atoms with E-state index >= 15 is 0 Å². The maximum atomic E-state index is 12.4. The van der Waals surface area contributed by atoms with Crippen molar-refractivity contribution in [1.29, 1.82) is 0 Å². The third-order valence-corrected chi connectivity index (χ3v) is 6.20. The van der Waals surface area contributed by atoms with E-state index in [4.69, 9.17) is 0 Å².